The zero-order valence-electron chi connectivity index (χ0n) is 41.9. The molecule has 14 nitrogen and oxygen atoms in total. The largest absolute Gasteiger partial charge is 0.869 e. The number of aromatic nitrogens is 2. The summed E-state index contributed by atoms with van der Waals surface area (Å²) in [5, 5.41) is 24.8. The van der Waals surface area contributed by atoms with Crippen LogP contribution in [0.3, 0.4) is 0 Å². The fourth-order valence-electron chi connectivity index (χ4n) is 7.83. The predicted molar refractivity (Wildman–Crippen MR) is 277 cm³/mol. The van der Waals surface area contributed by atoms with E-state index in [4.69, 9.17) is 25.5 Å². The van der Waals surface area contributed by atoms with E-state index in [1.54, 1.807) is 23.1 Å². The number of rotatable bonds is 20. The van der Waals surface area contributed by atoms with E-state index in [0.717, 1.165) is 34.1 Å². The number of ether oxygens (including phenoxy) is 4. The number of imide groups is 1. The van der Waals surface area contributed by atoms with Crippen molar-refractivity contribution >= 4 is 68.7 Å². The number of hydrogen-bond donors (Lipinski definition) is 0. The number of nitriles is 1. The molecule has 0 saturated carbocycles. The Morgan fingerprint density at radius 2 is 1.50 bits per heavy atom. The van der Waals surface area contributed by atoms with Gasteiger partial charge in [-0.25, -0.2) is 4.85 Å². The van der Waals surface area contributed by atoms with Crippen molar-refractivity contribution in [2.75, 3.05) is 44.4 Å². The lowest BCUT2D eigenvalue weighted by Gasteiger charge is -2.27. The van der Waals surface area contributed by atoms with E-state index in [2.05, 4.69) is 82.8 Å². The van der Waals surface area contributed by atoms with Gasteiger partial charge in [-0.2, -0.15) is 9.83 Å². The number of carbonyl (C=O) groups excluding carboxylic acids is 2. The third-order valence-corrected chi connectivity index (χ3v) is 13.5. The van der Waals surface area contributed by atoms with Crippen LogP contribution in [-0.2, 0) is 32.2 Å². The topological polar surface area (TPSA) is 155 Å². The van der Waals surface area contributed by atoms with Crippen molar-refractivity contribution in [2.45, 2.75) is 112 Å². The summed E-state index contributed by atoms with van der Waals surface area (Å²) < 4.78 is 27.0. The minimum Gasteiger partial charge on any atom is -0.869 e. The second kappa shape index (κ2) is 26.0. The summed E-state index contributed by atoms with van der Waals surface area (Å²) in [5.41, 5.74) is 2.44. The number of pyridine rings is 1. The number of nitrogens with zero attached hydrogens (tertiary/aromatic N) is 6. The van der Waals surface area contributed by atoms with Crippen LogP contribution in [0, 0.1) is 24.8 Å². The number of carbonyl (C=O) groups is 2. The molecule has 2 aromatic heterocycles. The molecule has 2 aromatic carbocycles. The molecule has 0 spiro atoms. The van der Waals surface area contributed by atoms with Crippen LogP contribution in [-0.4, -0.2) is 73.0 Å². The van der Waals surface area contributed by atoms with Gasteiger partial charge in [0.2, 0.25) is 5.52 Å². The van der Waals surface area contributed by atoms with Crippen molar-refractivity contribution in [3.8, 4) is 23.4 Å². The number of fused-ring (bicyclic) bond motifs is 2. The quantitative estimate of drug-likeness (QED) is 0.0273. The minimum atomic E-state index is -0.654. The van der Waals surface area contributed by atoms with E-state index in [-0.39, 0.29) is 58.8 Å². The van der Waals surface area contributed by atoms with Crippen LogP contribution < -0.4 is 29.6 Å². The van der Waals surface area contributed by atoms with Crippen molar-refractivity contribution in [1.29, 1.82) is 5.26 Å². The Hall–Kier alpha value is -6.43. The summed E-state index contributed by atoms with van der Waals surface area (Å²) >= 11 is 3.60. The number of thiazole rings is 1. The van der Waals surface area contributed by atoms with Crippen molar-refractivity contribution in [2.24, 2.45) is 0 Å². The fraction of sp³-hybridized carbons (Fsp3) is 0.407. The van der Waals surface area contributed by atoms with Gasteiger partial charge in [-0.15, -0.1) is 0 Å². The summed E-state index contributed by atoms with van der Waals surface area (Å²) in [7, 11) is 0. The van der Waals surface area contributed by atoms with Crippen LogP contribution in [0.4, 0.5) is 11.4 Å². The Balaban J connectivity index is 0.000000267. The number of benzene rings is 2. The molecule has 0 radical (unpaired) electrons. The molecule has 0 saturated heterocycles. The maximum absolute atomic E-state index is 13.2. The highest BCUT2D eigenvalue weighted by Crippen LogP contribution is 2.47. The number of anilines is 1. The zero-order valence-corrected chi connectivity index (χ0v) is 43.6. The summed E-state index contributed by atoms with van der Waals surface area (Å²) in [6, 6.07) is 14.6. The average Bonchev–Trinajstić information content (AvgIpc) is 3.86. The molecule has 0 N–H and O–H groups in total. The van der Waals surface area contributed by atoms with Gasteiger partial charge in [-0.05, 0) is 136 Å². The van der Waals surface area contributed by atoms with Crippen LogP contribution in [0.25, 0.3) is 27.2 Å². The molecule has 16 heteroatoms. The molecular formula is C54H64N6O8S2. The highest BCUT2D eigenvalue weighted by Gasteiger charge is 2.35. The summed E-state index contributed by atoms with van der Waals surface area (Å²) in [6.07, 6.45) is 11.8. The van der Waals surface area contributed by atoms with Crippen molar-refractivity contribution in [3.05, 3.63) is 120 Å². The standard InChI is InChI=1S/C29H36N4O6.C25H29N2O2S2/c1-18(2)38-15-9-13-32-26(34)22(20(5)24(17-30)28(32)36)11-8-12-23-21(6)25(31-7)29(37)33(27(23)35)14-10-16-39-19(3)4;1-5-26-20-14-12-18(28-7-3)16-22(20)30-24(26)10-9-11-25-27(6-2)21-15-13-19(29-8-4)17-23(21)31-25/h8,11-12,18-19,37H,9-10,13-16H2,1-6H3;9-17H,5-8H2,1-4H3/q;+1/p-1. The van der Waals surface area contributed by atoms with Gasteiger partial charge < -0.3 is 33.5 Å². The van der Waals surface area contributed by atoms with Gasteiger partial charge >= 0.3 is 0 Å². The summed E-state index contributed by atoms with van der Waals surface area (Å²) in [6.45, 7) is 30.6. The molecule has 0 fully saturated rings. The second-order valence-electron chi connectivity index (χ2n) is 16.6. The Bertz CT molecular complexity index is 2860. The average molecular weight is 989 g/mol. The SMILES string of the molecule is CCOc1ccc2c(c1)S/C(=C/C=C/c1sc3cc(OCC)ccc3[n+]1CC)N2CC.[C-]#[N+]c1c(C)c(C=CC=C2C(=O)N(CCCOC(C)C)C(=O)C(C#N)=C2C)c(=O)n(CCCOC(C)C)c1[O-]. The second-order valence-corrected chi connectivity index (χ2v) is 18.8. The first-order valence-electron chi connectivity index (χ1n) is 23.7. The minimum absolute atomic E-state index is 0.00984. The van der Waals surface area contributed by atoms with Crippen molar-refractivity contribution in [3.63, 3.8) is 0 Å². The molecule has 370 valence electrons. The van der Waals surface area contributed by atoms with Gasteiger partial charge in [0.1, 0.15) is 34.4 Å². The summed E-state index contributed by atoms with van der Waals surface area (Å²) in [5.74, 6) is 0.00735. The highest BCUT2D eigenvalue weighted by molar-refractivity contribution is 8.03. The number of amides is 2. The van der Waals surface area contributed by atoms with Crippen molar-refractivity contribution in [1.82, 2.24) is 9.47 Å². The molecule has 0 bridgehead atoms. The van der Waals surface area contributed by atoms with E-state index < -0.39 is 23.3 Å². The van der Waals surface area contributed by atoms with E-state index in [9.17, 15) is 24.8 Å². The molecule has 4 aromatic rings. The predicted octanol–water partition coefficient (Wildman–Crippen LogP) is 10.1. The van der Waals surface area contributed by atoms with E-state index in [1.807, 2.05) is 47.6 Å². The number of aryl methyl sites for hydroxylation is 1. The number of thioether (sulfide) groups is 1. The molecule has 2 amide bonds. The van der Waals surface area contributed by atoms with E-state index >= 15 is 0 Å². The van der Waals surface area contributed by atoms with E-state index in [1.165, 1.54) is 62.9 Å². The van der Waals surface area contributed by atoms with Gasteiger partial charge in [-0.1, -0.05) is 41.3 Å². The van der Waals surface area contributed by atoms with E-state index in [0.29, 0.717) is 39.3 Å². The van der Waals surface area contributed by atoms with Gasteiger partial charge in [-0.3, -0.25) is 19.3 Å². The molecule has 6 rings (SSSR count). The Morgan fingerprint density at radius 1 is 0.857 bits per heavy atom. The maximum atomic E-state index is 13.2. The van der Waals surface area contributed by atoms with Gasteiger partial charge in [0.15, 0.2) is 5.69 Å². The van der Waals surface area contributed by atoms with Crippen molar-refractivity contribution < 1.29 is 38.2 Å². The van der Waals surface area contributed by atoms with Gasteiger partial charge in [0.25, 0.3) is 22.4 Å². The molecule has 0 aliphatic carbocycles. The zero-order chi connectivity index (χ0) is 51.1. The Labute approximate surface area is 420 Å². The molecular weight excluding hydrogens is 925 g/mol. The molecule has 4 heterocycles. The molecule has 0 atom stereocenters. The fourth-order valence-corrected chi connectivity index (χ4v) is 10.2. The van der Waals surface area contributed by atoms with Crippen LogP contribution in [0.15, 0.2) is 92.1 Å². The van der Waals surface area contributed by atoms with Crippen LogP contribution in [0.2, 0.25) is 0 Å². The third kappa shape index (κ3) is 13.0. The lowest BCUT2D eigenvalue weighted by molar-refractivity contribution is -0.665. The smallest absolute Gasteiger partial charge is 0.271 e. The molecule has 0 unspecified atom stereocenters. The number of allylic oxidation sites excluding steroid dienone is 4. The lowest BCUT2D eigenvalue weighted by Crippen LogP contribution is -2.43. The molecule has 2 aliphatic rings. The normalized spacial score (nSPS) is 15.0. The monoisotopic (exact) mass is 988 g/mol. The first-order valence-corrected chi connectivity index (χ1v) is 25.4. The molecule has 70 heavy (non-hydrogen) atoms. The maximum Gasteiger partial charge on any atom is 0.271 e. The Morgan fingerprint density at radius 3 is 2.11 bits per heavy atom. The lowest BCUT2D eigenvalue weighted by atomic mass is 9.94. The van der Waals surface area contributed by atoms with Crippen LogP contribution in [0.1, 0.15) is 91.3 Å². The summed E-state index contributed by atoms with van der Waals surface area (Å²) in [4.78, 5) is 47.1. The van der Waals surface area contributed by atoms with Crippen LogP contribution >= 0.6 is 23.1 Å². The van der Waals surface area contributed by atoms with Crippen LogP contribution in [0.5, 0.6) is 17.4 Å². The number of hydrogen-bond acceptors (Lipinski definition) is 12. The highest BCUT2D eigenvalue weighted by atomic mass is 32.2. The van der Waals surface area contributed by atoms with Gasteiger partial charge in [0.05, 0.1) is 42.7 Å². The Kier molecular flexibility index (Phi) is 20.2. The molecule has 2 aliphatic heterocycles. The first kappa shape index (κ1) is 54.5. The third-order valence-electron chi connectivity index (χ3n) is 11.2. The van der Waals surface area contributed by atoms with Gasteiger partial charge in [0, 0.05) is 67.1 Å². The first-order chi connectivity index (χ1) is 33.6.